The first-order valence-corrected chi connectivity index (χ1v) is 11.3. The highest BCUT2D eigenvalue weighted by atomic mass is 16.5. The Bertz CT molecular complexity index is 1090. The van der Waals surface area contributed by atoms with Crippen molar-refractivity contribution in [3.8, 4) is 28.6 Å². The molecule has 34 heavy (non-hydrogen) atoms. The average Bonchev–Trinajstić information content (AvgIpc) is 3.55. The minimum atomic E-state index is -0.230. The first-order valence-electron chi connectivity index (χ1n) is 11.3. The lowest BCUT2D eigenvalue weighted by Gasteiger charge is -2.25. The van der Waals surface area contributed by atoms with Crippen LogP contribution >= 0.6 is 0 Å². The molecule has 8 nitrogen and oxygen atoms in total. The van der Waals surface area contributed by atoms with Crippen LogP contribution in [0.5, 0.6) is 17.2 Å². The predicted molar refractivity (Wildman–Crippen MR) is 126 cm³/mol. The molecule has 0 saturated carbocycles. The van der Waals surface area contributed by atoms with Crippen molar-refractivity contribution >= 4 is 5.91 Å². The van der Waals surface area contributed by atoms with E-state index in [1.54, 1.807) is 32.3 Å². The Labute approximate surface area is 199 Å². The van der Waals surface area contributed by atoms with Gasteiger partial charge in [0, 0.05) is 31.3 Å². The largest absolute Gasteiger partial charge is 0.493 e. The maximum absolute atomic E-state index is 13.5. The molecule has 180 valence electrons. The number of hydrogen-bond acceptors (Lipinski definition) is 7. The van der Waals surface area contributed by atoms with E-state index < -0.39 is 0 Å². The number of amides is 1. The SMILES string of the molecule is COc1cc(CN(C[C@H]2CCCO2)C(=O)c2cc(-c3ccc(C)cc3)on2)cc(OC)c1OC. The minimum absolute atomic E-state index is 0.0190. The lowest BCUT2D eigenvalue weighted by molar-refractivity contribution is 0.0499. The van der Waals surface area contributed by atoms with Gasteiger partial charge in [0.25, 0.3) is 5.91 Å². The van der Waals surface area contributed by atoms with E-state index in [9.17, 15) is 4.79 Å². The van der Waals surface area contributed by atoms with Crippen molar-refractivity contribution in [2.45, 2.75) is 32.4 Å². The monoisotopic (exact) mass is 466 g/mol. The molecule has 0 aliphatic carbocycles. The van der Waals surface area contributed by atoms with Gasteiger partial charge in [-0.3, -0.25) is 4.79 Å². The second-order valence-corrected chi connectivity index (χ2v) is 8.30. The summed E-state index contributed by atoms with van der Waals surface area (Å²) in [6.07, 6.45) is 1.87. The van der Waals surface area contributed by atoms with Gasteiger partial charge in [0.2, 0.25) is 5.75 Å². The van der Waals surface area contributed by atoms with Crippen molar-refractivity contribution in [1.82, 2.24) is 10.1 Å². The van der Waals surface area contributed by atoms with Crippen LogP contribution in [0.25, 0.3) is 11.3 Å². The van der Waals surface area contributed by atoms with Crippen LogP contribution in [0.4, 0.5) is 0 Å². The molecule has 0 N–H and O–H groups in total. The van der Waals surface area contributed by atoms with Gasteiger partial charge < -0.3 is 28.4 Å². The third kappa shape index (κ3) is 5.17. The summed E-state index contributed by atoms with van der Waals surface area (Å²) < 4.78 is 27.7. The lowest BCUT2D eigenvalue weighted by atomic mass is 10.1. The van der Waals surface area contributed by atoms with Gasteiger partial charge in [-0.1, -0.05) is 35.0 Å². The number of aromatic nitrogens is 1. The number of hydrogen-bond donors (Lipinski definition) is 0. The third-order valence-electron chi connectivity index (χ3n) is 5.90. The Morgan fingerprint density at radius 2 is 1.76 bits per heavy atom. The number of aryl methyl sites for hydroxylation is 1. The summed E-state index contributed by atoms with van der Waals surface area (Å²) in [6.45, 7) is 3.49. The second-order valence-electron chi connectivity index (χ2n) is 8.30. The molecule has 1 aliphatic heterocycles. The Kier molecular flexibility index (Phi) is 7.37. The van der Waals surface area contributed by atoms with Gasteiger partial charge >= 0.3 is 0 Å². The van der Waals surface area contributed by atoms with Gasteiger partial charge in [0.15, 0.2) is 23.0 Å². The number of methoxy groups -OCH3 is 3. The Morgan fingerprint density at radius 3 is 2.35 bits per heavy atom. The number of benzene rings is 2. The highest BCUT2D eigenvalue weighted by Gasteiger charge is 2.27. The summed E-state index contributed by atoms with van der Waals surface area (Å²) in [7, 11) is 4.69. The molecule has 1 aliphatic rings. The van der Waals surface area contributed by atoms with E-state index in [4.69, 9.17) is 23.5 Å². The summed E-state index contributed by atoms with van der Waals surface area (Å²) in [5, 5.41) is 4.07. The van der Waals surface area contributed by atoms with Crippen molar-refractivity contribution in [3.05, 3.63) is 59.3 Å². The topological polar surface area (TPSA) is 83.3 Å². The van der Waals surface area contributed by atoms with Gasteiger partial charge in [0.05, 0.1) is 27.4 Å². The summed E-state index contributed by atoms with van der Waals surface area (Å²) in [5.74, 6) is 1.89. The average molecular weight is 467 g/mol. The van der Waals surface area contributed by atoms with Crippen LogP contribution in [0.2, 0.25) is 0 Å². The fourth-order valence-corrected chi connectivity index (χ4v) is 4.09. The molecule has 1 atom stereocenters. The van der Waals surface area contributed by atoms with Crippen LogP contribution in [-0.2, 0) is 11.3 Å². The van der Waals surface area contributed by atoms with Crippen molar-refractivity contribution in [2.75, 3.05) is 34.5 Å². The van der Waals surface area contributed by atoms with Crippen LogP contribution < -0.4 is 14.2 Å². The number of carbonyl (C=O) groups is 1. The van der Waals surface area contributed by atoms with E-state index in [1.807, 2.05) is 43.3 Å². The third-order valence-corrected chi connectivity index (χ3v) is 5.90. The number of ether oxygens (including phenoxy) is 4. The maximum Gasteiger partial charge on any atom is 0.276 e. The highest BCUT2D eigenvalue weighted by Crippen LogP contribution is 2.38. The van der Waals surface area contributed by atoms with E-state index >= 15 is 0 Å². The van der Waals surface area contributed by atoms with E-state index in [2.05, 4.69) is 5.16 Å². The van der Waals surface area contributed by atoms with Gasteiger partial charge in [-0.2, -0.15) is 0 Å². The molecule has 0 spiro atoms. The Balaban J connectivity index is 1.61. The van der Waals surface area contributed by atoms with Gasteiger partial charge in [0.1, 0.15) is 0 Å². The zero-order chi connectivity index (χ0) is 24.1. The quantitative estimate of drug-likeness (QED) is 0.459. The van der Waals surface area contributed by atoms with Gasteiger partial charge in [-0.05, 0) is 37.5 Å². The summed E-state index contributed by atoms with van der Waals surface area (Å²) in [4.78, 5) is 15.3. The zero-order valence-corrected chi connectivity index (χ0v) is 20.0. The number of rotatable bonds is 9. The molecule has 1 saturated heterocycles. The van der Waals surface area contributed by atoms with Crippen molar-refractivity contribution in [3.63, 3.8) is 0 Å². The molecular formula is C26H30N2O6. The fourth-order valence-electron chi connectivity index (χ4n) is 4.09. The summed E-state index contributed by atoms with van der Waals surface area (Å²) >= 11 is 0. The Morgan fingerprint density at radius 1 is 1.06 bits per heavy atom. The van der Waals surface area contributed by atoms with E-state index in [0.717, 1.165) is 29.5 Å². The van der Waals surface area contributed by atoms with Crippen LogP contribution in [-0.4, -0.2) is 56.5 Å². The first kappa shape index (κ1) is 23.6. The van der Waals surface area contributed by atoms with Crippen molar-refractivity contribution in [2.24, 2.45) is 0 Å². The maximum atomic E-state index is 13.5. The minimum Gasteiger partial charge on any atom is -0.493 e. The molecule has 0 radical (unpaired) electrons. The molecule has 1 amide bonds. The van der Waals surface area contributed by atoms with Gasteiger partial charge in [-0.15, -0.1) is 0 Å². The van der Waals surface area contributed by atoms with Crippen LogP contribution in [0.3, 0.4) is 0 Å². The zero-order valence-electron chi connectivity index (χ0n) is 20.0. The standard InChI is InChI=1S/C26H30N2O6/c1-17-7-9-19(10-8-17)22-14-21(27-34-22)26(29)28(16-20-6-5-11-33-20)15-18-12-23(30-2)25(32-4)24(13-18)31-3/h7-10,12-14,20H,5-6,11,15-16H2,1-4H3/t20-/m1/s1. The van der Waals surface area contributed by atoms with Gasteiger partial charge in [-0.25, -0.2) is 0 Å². The number of carbonyl (C=O) groups excluding carboxylic acids is 1. The first-order chi connectivity index (χ1) is 16.5. The van der Waals surface area contributed by atoms with Crippen LogP contribution in [0.1, 0.15) is 34.5 Å². The predicted octanol–water partition coefficient (Wildman–Crippen LogP) is 4.50. The normalized spacial score (nSPS) is 15.2. The summed E-state index contributed by atoms with van der Waals surface area (Å²) in [5.41, 5.74) is 3.10. The molecule has 8 heteroatoms. The molecule has 1 fully saturated rings. The van der Waals surface area contributed by atoms with Crippen molar-refractivity contribution < 1.29 is 28.3 Å². The molecular weight excluding hydrogens is 436 g/mol. The highest BCUT2D eigenvalue weighted by molar-refractivity contribution is 5.93. The van der Waals surface area contributed by atoms with Crippen LogP contribution in [0.15, 0.2) is 47.0 Å². The van der Waals surface area contributed by atoms with E-state index in [0.29, 0.717) is 42.7 Å². The van der Waals surface area contributed by atoms with E-state index in [-0.39, 0.29) is 17.7 Å². The smallest absolute Gasteiger partial charge is 0.276 e. The number of nitrogens with zero attached hydrogens (tertiary/aromatic N) is 2. The lowest BCUT2D eigenvalue weighted by Crippen LogP contribution is -2.37. The molecule has 0 unspecified atom stereocenters. The van der Waals surface area contributed by atoms with E-state index in [1.165, 1.54) is 0 Å². The molecule has 2 heterocycles. The molecule has 3 aromatic rings. The molecule has 2 aromatic carbocycles. The molecule has 1 aromatic heterocycles. The van der Waals surface area contributed by atoms with Crippen LogP contribution in [0, 0.1) is 6.92 Å². The molecule has 0 bridgehead atoms. The summed E-state index contributed by atoms with van der Waals surface area (Å²) in [6, 6.07) is 13.3. The fraction of sp³-hybridized carbons (Fsp3) is 0.385. The molecule has 4 rings (SSSR count). The van der Waals surface area contributed by atoms with Crippen molar-refractivity contribution in [1.29, 1.82) is 0 Å². The second kappa shape index (κ2) is 10.6. The Hall–Kier alpha value is -3.52.